The molecule has 0 aliphatic carbocycles. The number of hydrogen-bond acceptors (Lipinski definition) is 4. The summed E-state index contributed by atoms with van der Waals surface area (Å²) < 4.78 is 3.40. The van der Waals surface area contributed by atoms with Crippen molar-refractivity contribution in [1.29, 1.82) is 0 Å². The van der Waals surface area contributed by atoms with Gasteiger partial charge in [0.25, 0.3) is 0 Å². The van der Waals surface area contributed by atoms with E-state index in [1.165, 1.54) is 16.6 Å². The normalized spacial score (nSPS) is 11.6. The van der Waals surface area contributed by atoms with Crippen LogP contribution in [0, 0.1) is 6.92 Å². The SMILES string of the molecule is C=CCn1c(C)c(C=NNc2nc3ccccc3s2)c2ccccc21. The molecule has 0 saturated carbocycles. The number of hydrogen-bond donors (Lipinski definition) is 1. The van der Waals surface area contributed by atoms with Gasteiger partial charge in [0.15, 0.2) is 0 Å². The van der Waals surface area contributed by atoms with Gasteiger partial charge in [-0.3, -0.25) is 5.43 Å². The van der Waals surface area contributed by atoms with Gasteiger partial charge in [-0.2, -0.15) is 5.10 Å². The Balaban J connectivity index is 1.66. The molecule has 25 heavy (non-hydrogen) atoms. The Kier molecular flexibility index (Phi) is 4.07. The Bertz CT molecular complexity index is 1050. The smallest absolute Gasteiger partial charge is 0.204 e. The first-order valence-electron chi connectivity index (χ1n) is 8.11. The van der Waals surface area contributed by atoms with Crippen molar-refractivity contribution in [2.45, 2.75) is 13.5 Å². The van der Waals surface area contributed by atoms with Crippen molar-refractivity contribution in [3.8, 4) is 0 Å². The van der Waals surface area contributed by atoms with E-state index in [2.05, 4.69) is 63.9 Å². The second kappa shape index (κ2) is 6.53. The minimum Gasteiger partial charge on any atom is -0.340 e. The highest BCUT2D eigenvalue weighted by molar-refractivity contribution is 7.22. The summed E-state index contributed by atoms with van der Waals surface area (Å²) in [7, 11) is 0. The van der Waals surface area contributed by atoms with E-state index in [-0.39, 0.29) is 0 Å². The zero-order valence-electron chi connectivity index (χ0n) is 13.9. The third-order valence-electron chi connectivity index (χ3n) is 4.24. The molecule has 2 aromatic carbocycles. The third-order valence-corrected chi connectivity index (χ3v) is 5.18. The fourth-order valence-corrected chi connectivity index (χ4v) is 3.87. The van der Waals surface area contributed by atoms with Crippen LogP contribution < -0.4 is 5.43 Å². The maximum Gasteiger partial charge on any atom is 0.204 e. The monoisotopic (exact) mass is 346 g/mol. The molecule has 2 aromatic heterocycles. The number of nitrogens with one attached hydrogen (secondary N) is 1. The molecule has 4 aromatic rings. The van der Waals surface area contributed by atoms with Crippen molar-refractivity contribution in [2.24, 2.45) is 5.10 Å². The minimum absolute atomic E-state index is 0.783. The molecule has 0 unspecified atom stereocenters. The fourth-order valence-electron chi connectivity index (χ4n) is 3.06. The lowest BCUT2D eigenvalue weighted by Crippen LogP contribution is -1.98. The number of rotatable bonds is 5. The van der Waals surface area contributed by atoms with E-state index >= 15 is 0 Å². The van der Waals surface area contributed by atoms with Gasteiger partial charge < -0.3 is 4.57 Å². The number of nitrogens with zero attached hydrogens (tertiary/aromatic N) is 3. The summed E-state index contributed by atoms with van der Waals surface area (Å²) in [6.45, 7) is 6.76. The largest absolute Gasteiger partial charge is 0.340 e. The third kappa shape index (κ3) is 2.83. The molecule has 2 heterocycles. The molecule has 0 spiro atoms. The predicted octanol–water partition coefficient (Wildman–Crippen LogP) is 5.19. The maximum absolute atomic E-state index is 4.54. The number of thiazole rings is 1. The molecule has 0 radical (unpaired) electrons. The molecule has 4 rings (SSSR count). The van der Waals surface area contributed by atoms with Crippen LogP contribution in [0.2, 0.25) is 0 Å². The van der Waals surface area contributed by atoms with E-state index in [1.807, 2.05) is 30.5 Å². The molecular weight excluding hydrogens is 328 g/mol. The zero-order chi connectivity index (χ0) is 17.2. The van der Waals surface area contributed by atoms with Crippen LogP contribution in [0.1, 0.15) is 11.3 Å². The van der Waals surface area contributed by atoms with Crippen LogP contribution in [0.25, 0.3) is 21.1 Å². The summed E-state index contributed by atoms with van der Waals surface area (Å²) in [5.41, 5.74) is 7.54. The molecule has 1 N–H and O–H groups in total. The van der Waals surface area contributed by atoms with Crippen LogP contribution in [0.4, 0.5) is 5.13 Å². The highest BCUT2D eigenvalue weighted by atomic mass is 32.1. The van der Waals surface area contributed by atoms with Gasteiger partial charge >= 0.3 is 0 Å². The average molecular weight is 346 g/mol. The van der Waals surface area contributed by atoms with E-state index in [0.29, 0.717) is 0 Å². The Labute approximate surface area is 150 Å². The van der Waals surface area contributed by atoms with Crippen molar-refractivity contribution in [1.82, 2.24) is 9.55 Å². The topological polar surface area (TPSA) is 42.2 Å². The minimum atomic E-state index is 0.783. The van der Waals surface area contributed by atoms with Crippen molar-refractivity contribution in [3.05, 3.63) is 72.4 Å². The van der Waals surface area contributed by atoms with E-state index in [1.54, 1.807) is 11.3 Å². The quantitative estimate of drug-likeness (QED) is 0.307. The van der Waals surface area contributed by atoms with Crippen LogP contribution >= 0.6 is 11.3 Å². The van der Waals surface area contributed by atoms with Crippen molar-refractivity contribution >= 4 is 43.8 Å². The summed E-state index contributed by atoms with van der Waals surface area (Å²) in [4.78, 5) is 4.54. The molecule has 0 bridgehead atoms. The van der Waals surface area contributed by atoms with Crippen LogP contribution in [-0.4, -0.2) is 15.8 Å². The Hall–Kier alpha value is -2.92. The molecule has 0 atom stereocenters. The lowest BCUT2D eigenvalue weighted by molar-refractivity contribution is 0.828. The molecule has 0 amide bonds. The summed E-state index contributed by atoms with van der Waals surface area (Å²) in [6, 6.07) is 16.5. The van der Waals surface area contributed by atoms with Crippen LogP contribution in [0.15, 0.2) is 66.3 Å². The van der Waals surface area contributed by atoms with Gasteiger partial charge in [0.1, 0.15) is 0 Å². The first-order chi connectivity index (χ1) is 12.3. The summed E-state index contributed by atoms with van der Waals surface area (Å²) in [5.74, 6) is 0. The number of fused-ring (bicyclic) bond motifs is 2. The molecule has 4 nitrogen and oxygen atoms in total. The summed E-state index contributed by atoms with van der Waals surface area (Å²) in [6.07, 6.45) is 3.79. The molecule has 0 aliphatic heterocycles. The predicted molar refractivity (Wildman–Crippen MR) is 108 cm³/mol. The molecule has 5 heteroatoms. The van der Waals surface area contributed by atoms with E-state index < -0.39 is 0 Å². The summed E-state index contributed by atoms with van der Waals surface area (Å²) in [5, 5.41) is 6.41. The van der Waals surface area contributed by atoms with E-state index in [0.717, 1.165) is 27.5 Å². The van der Waals surface area contributed by atoms with Gasteiger partial charge in [-0.1, -0.05) is 47.7 Å². The average Bonchev–Trinajstić information content (AvgIpc) is 3.16. The molecular formula is C20H18N4S. The van der Waals surface area contributed by atoms with E-state index in [4.69, 9.17) is 0 Å². The van der Waals surface area contributed by atoms with Crippen LogP contribution in [0.3, 0.4) is 0 Å². The van der Waals surface area contributed by atoms with Crippen molar-refractivity contribution < 1.29 is 0 Å². The zero-order valence-corrected chi connectivity index (χ0v) is 14.8. The van der Waals surface area contributed by atoms with Gasteiger partial charge in [-0.15, -0.1) is 6.58 Å². The Morgan fingerprint density at radius 1 is 1.20 bits per heavy atom. The maximum atomic E-state index is 4.54. The second-order valence-corrected chi connectivity index (χ2v) is 6.80. The van der Waals surface area contributed by atoms with Gasteiger partial charge in [0, 0.05) is 28.7 Å². The van der Waals surface area contributed by atoms with Gasteiger partial charge in [-0.25, -0.2) is 4.98 Å². The summed E-state index contributed by atoms with van der Waals surface area (Å²) >= 11 is 1.60. The first-order valence-corrected chi connectivity index (χ1v) is 8.93. The Morgan fingerprint density at radius 3 is 2.84 bits per heavy atom. The van der Waals surface area contributed by atoms with Crippen molar-refractivity contribution in [3.63, 3.8) is 0 Å². The number of anilines is 1. The van der Waals surface area contributed by atoms with Crippen LogP contribution in [-0.2, 0) is 6.54 Å². The first kappa shape index (κ1) is 15.6. The fraction of sp³-hybridized carbons (Fsp3) is 0.100. The van der Waals surface area contributed by atoms with Gasteiger partial charge in [0.2, 0.25) is 5.13 Å². The molecule has 0 fully saturated rings. The standard InChI is InChI=1S/C20H18N4S/c1-3-12-24-14(2)16(15-8-4-6-10-18(15)24)13-21-23-20-22-17-9-5-7-11-19(17)25-20/h3-11,13H,1,12H2,2H3,(H,22,23). The number of benzene rings is 2. The number of para-hydroxylation sites is 2. The highest BCUT2D eigenvalue weighted by Gasteiger charge is 2.11. The number of allylic oxidation sites excluding steroid dienone is 1. The molecule has 0 aliphatic rings. The number of hydrazone groups is 1. The van der Waals surface area contributed by atoms with E-state index in [9.17, 15) is 0 Å². The second-order valence-electron chi connectivity index (χ2n) is 5.77. The number of aromatic nitrogens is 2. The lowest BCUT2D eigenvalue weighted by atomic mass is 10.1. The highest BCUT2D eigenvalue weighted by Crippen LogP contribution is 2.26. The lowest BCUT2D eigenvalue weighted by Gasteiger charge is -2.03. The Morgan fingerprint density at radius 2 is 2.00 bits per heavy atom. The van der Waals surface area contributed by atoms with Crippen LogP contribution in [0.5, 0.6) is 0 Å². The molecule has 124 valence electrons. The van der Waals surface area contributed by atoms with Crippen molar-refractivity contribution in [2.75, 3.05) is 5.43 Å². The van der Waals surface area contributed by atoms with Gasteiger partial charge in [0.05, 0.1) is 16.4 Å². The van der Waals surface area contributed by atoms with Gasteiger partial charge in [-0.05, 0) is 25.1 Å². The molecule has 0 saturated heterocycles.